The van der Waals surface area contributed by atoms with Crippen LogP contribution in [0.3, 0.4) is 0 Å². The molecule has 3 rings (SSSR count). The molecule has 27 heavy (non-hydrogen) atoms. The number of hydrogen-bond donors (Lipinski definition) is 1. The number of benzene rings is 2. The maximum Gasteiger partial charge on any atom is 0.227 e. The van der Waals surface area contributed by atoms with Crippen LogP contribution in [0.4, 0.5) is 5.69 Å². The number of carbonyl (C=O) groups is 2. The van der Waals surface area contributed by atoms with Gasteiger partial charge in [-0.15, -0.1) is 0 Å². The third-order valence-corrected chi connectivity index (χ3v) is 5.06. The topological polar surface area (TPSA) is 73.2 Å². The molecule has 0 spiro atoms. The third-order valence-electron chi connectivity index (χ3n) is 5.06. The zero-order valence-electron chi connectivity index (χ0n) is 15.6. The van der Waals surface area contributed by atoms with E-state index in [1.165, 1.54) is 0 Å². The number of rotatable bonds is 5. The third kappa shape index (κ3) is 4.01. The summed E-state index contributed by atoms with van der Waals surface area (Å²) in [7, 11) is 0. The average molecular weight is 361 g/mol. The van der Waals surface area contributed by atoms with Gasteiger partial charge in [0.15, 0.2) is 0 Å². The molecular weight excluding hydrogens is 338 g/mol. The normalized spacial score (nSPS) is 17.4. The predicted molar refractivity (Wildman–Crippen MR) is 104 cm³/mol. The van der Waals surface area contributed by atoms with Crippen molar-refractivity contribution >= 4 is 17.5 Å². The minimum absolute atomic E-state index is 0.0120. The maximum absolute atomic E-state index is 12.7. The summed E-state index contributed by atoms with van der Waals surface area (Å²) in [5.41, 5.74) is 3.53. The summed E-state index contributed by atoms with van der Waals surface area (Å²) in [4.78, 5) is 26.9. The summed E-state index contributed by atoms with van der Waals surface area (Å²) in [6.07, 6.45) is 1.07. The number of nitrogens with zero attached hydrogens (tertiary/aromatic N) is 2. The van der Waals surface area contributed by atoms with Gasteiger partial charge in [-0.25, -0.2) is 0 Å². The van der Waals surface area contributed by atoms with Gasteiger partial charge in [-0.1, -0.05) is 37.3 Å². The van der Waals surface area contributed by atoms with Gasteiger partial charge >= 0.3 is 0 Å². The highest BCUT2D eigenvalue weighted by molar-refractivity contribution is 6.00. The van der Waals surface area contributed by atoms with Gasteiger partial charge in [0, 0.05) is 18.7 Å². The Bertz CT molecular complexity index is 883. The quantitative estimate of drug-likeness (QED) is 0.887. The molecule has 2 amide bonds. The molecule has 5 nitrogen and oxygen atoms in total. The Morgan fingerprint density at radius 3 is 2.63 bits per heavy atom. The zero-order chi connectivity index (χ0) is 19.4. The van der Waals surface area contributed by atoms with E-state index in [1.54, 1.807) is 17.0 Å². The second kappa shape index (κ2) is 8.05. The monoisotopic (exact) mass is 361 g/mol. The number of aryl methyl sites for hydroxylation is 1. The second-order valence-electron chi connectivity index (χ2n) is 6.85. The Morgan fingerprint density at radius 2 is 1.96 bits per heavy atom. The molecule has 2 atom stereocenters. The number of hydrogen-bond acceptors (Lipinski definition) is 3. The molecule has 0 aliphatic carbocycles. The first-order chi connectivity index (χ1) is 13.0. The lowest BCUT2D eigenvalue weighted by atomic mass is 10.0. The molecule has 2 aromatic rings. The molecule has 1 aliphatic heterocycles. The molecule has 0 bridgehead atoms. The van der Waals surface area contributed by atoms with Gasteiger partial charge in [-0.3, -0.25) is 9.59 Å². The van der Waals surface area contributed by atoms with Crippen molar-refractivity contribution in [3.63, 3.8) is 0 Å². The van der Waals surface area contributed by atoms with Crippen LogP contribution < -0.4 is 10.2 Å². The average Bonchev–Trinajstić information content (AvgIpc) is 3.09. The molecular formula is C22H23N3O2. The summed E-state index contributed by atoms with van der Waals surface area (Å²) in [6, 6.07) is 16.9. The van der Waals surface area contributed by atoms with Crippen LogP contribution in [-0.2, 0) is 16.0 Å². The fourth-order valence-electron chi connectivity index (χ4n) is 3.45. The summed E-state index contributed by atoms with van der Waals surface area (Å²) in [5, 5.41) is 11.9. The van der Waals surface area contributed by atoms with Crippen molar-refractivity contribution < 1.29 is 9.59 Å². The van der Waals surface area contributed by atoms with Crippen molar-refractivity contribution in [3.05, 3.63) is 65.2 Å². The van der Waals surface area contributed by atoms with E-state index in [9.17, 15) is 9.59 Å². The predicted octanol–water partition coefficient (Wildman–Crippen LogP) is 3.35. The van der Waals surface area contributed by atoms with E-state index < -0.39 is 0 Å². The fraction of sp³-hybridized carbons (Fsp3) is 0.318. The largest absolute Gasteiger partial charge is 0.349 e. The van der Waals surface area contributed by atoms with Crippen LogP contribution in [0.25, 0.3) is 0 Å². The minimum Gasteiger partial charge on any atom is -0.349 e. The summed E-state index contributed by atoms with van der Waals surface area (Å²) in [6.45, 7) is 4.37. The number of amides is 2. The lowest BCUT2D eigenvalue weighted by Crippen LogP contribution is -2.34. The lowest BCUT2D eigenvalue weighted by molar-refractivity contribution is -0.126. The van der Waals surface area contributed by atoms with Crippen LogP contribution in [-0.4, -0.2) is 18.4 Å². The SMILES string of the molecule is CCc1ccccc1N1CC(C(=O)NC(C)c2ccc(C#N)cc2)CC1=O. The van der Waals surface area contributed by atoms with E-state index in [0.29, 0.717) is 12.1 Å². The van der Waals surface area contributed by atoms with Gasteiger partial charge in [-0.2, -0.15) is 5.26 Å². The first-order valence-electron chi connectivity index (χ1n) is 9.22. The highest BCUT2D eigenvalue weighted by atomic mass is 16.2. The minimum atomic E-state index is -0.358. The van der Waals surface area contributed by atoms with E-state index >= 15 is 0 Å². The van der Waals surface area contributed by atoms with E-state index in [0.717, 1.165) is 23.2 Å². The van der Waals surface area contributed by atoms with Crippen LogP contribution in [0.15, 0.2) is 48.5 Å². The fourth-order valence-corrected chi connectivity index (χ4v) is 3.45. The van der Waals surface area contributed by atoms with E-state index in [2.05, 4.69) is 18.3 Å². The first-order valence-corrected chi connectivity index (χ1v) is 9.22. The molecule has 2 aromatic carbocycles. The van der Waals surface area contributed by atoms with E-state index in [-0.39, 0.29) is 30.2 Å². The Labute approximate surface area is 159 Å². The number of anilines is 1. The van der Waals surface area contributed by atoms with Crippen molar-refractivity contribution in [3.8, 4) is 6.07 Å². The van der Waals surface area contributed by atoms with Crippen molar-refractivity contribution in [1.29, 1.82) is 5.26 Å². The second-order valence-corrected chi connectivity index (χ2v) is 6.85. The Hall–Kier alpha value is -3.13. The van der Waals surface area contributed by atoms with Gasteiger partial charge in [0.1, 0.15) is 0 Å². The van der Waals surface area contributed by atoms with Gasteiger partial charge in [0.25, 0.3) is 0 Å². The molecule has 2 unspecified atom stereocenters. The van der Waals surface area contributed by atoms with Crippen LogP contribution >= 0.6 is 0 Å². The Morgan fingerprint density at radius 1 is 1.26 bits per heavy atom. The van der Waals surface area contributed by atoms with E-state index in [1.807, 2.05) is 43.3 Å². The molecule has 1 aliphatic rings. The summed E-state index contributed by atoms with van der Waals surface area (Å²) >= 11 is 0. The molecule has 0 radical (unpaired) electrons. The highest BCUT2D eigenvalue weighted by Gasteiger charge is 2.36. The maximum atomic E-state index is 12.7. The number of para-hydroxylation sites is 1. The van der Waals surface area contributed by atoms with Gasteiger partial charge in [0.05, 0.1) is 23.6 Å². The number of carbonyl (C=O) groups excluding carboxylic acids is 2. The van der Waals surface area contributed by atoms with Crippen LogP contribution in [0, 0.1) is 17.2 Å². The molecule has 138 valence electrons. The smallest absolute Gasteiger partial charge is 0.227 e. The van der Waals surface area contributed by atoms with E-state index in [4.69, 9.17) is 5.26 Å². The van der Waals surface area contributed by atoms with Crippen molar-refractivity contribution in [2.75, 3.05) is 11.4 Å². The standard InChI is InChI=1S/C22H23N3O2/c1-3-17-6-4-5-7-20(17)25-14-19(12-21(25)26)22(27)24-15(2)18-10-8-16(13-23)9-11-18/h4-11,15,19H,3,12,14H2,1-2H3,(H,24,27). The molecule has 1 N–H and O–H groups in total. The Kier molecular flexibility index (Phi) is 5.56. The van der Waals surface area contributed by atoms with Crippen molar-refractivity contribution in [2.45, 2.75) is 32.7 Å². The van der Waals surface area contributed by atoms with Crippen molar-refractivity contribution in [1.82, 2.24) is 5.32 Å². The first kappa shape index (κ1) is 18.7. The number of nitriles is 1. The van der Waals surface area contributed by atoms with Crippen LogP contribution in [0.2, 0.25) is 0 Å². The molecule has 5 heteroatoms. The number of nitrogens with one attached hydrogen (secondary N) is 1. The molecule has 1 fully saturated rings. The highest BCUT2D eigenvalue weighted by Crippen LogP contribution is 2.29. The lowest BCUT2D eigenvalue weighted by Gasteiger charge is -2.21. The van der Waals surface area contributed by atoms with Gasteiger partial charge in [0.2, 0.25) is 11.8 Å². The zero-order valence-corrected chi connectivity index (χ0v) is 15.6. The molecule has 1 saturated heterocycles. The molecule has 0 aromatic heterocycles. The Balaban J connectivity index is 1.67. The van der Waals surface area contributed by atoms with Crippen LogP contribution in [0.1, 0.15) is 43.0 Å². The molecule has 0 saturated carbocycles. The van der Waals surface area contributed by atoms with Crippen molar-refractivity contribution in [2.24, 2.45) is 5.92 Å². The summed E-state index contributed by atoms with van der Waals surface area (Å²) < 4.78 is 0. The van der Waals surface area contributed by atoms with Gasteiger partial charge < -0.3 is 10.2 Å². The summed E-state index contributed by atoms with van der Waals surface area (Å²) in [5.74, 6) is -0.484. The van der Waals surface area contributed by atoms with Gasteiger partial charge in [-0.05, 0) is 42.7 Å². The van der Waals surface area contributed by atoms with Crippen LogP contribution in [0.5, 0.6) is 0 Å². The molecule has 1 heterocycles.